The van der Waals surface area contributed by atoms with Gasteiger partial charge < -0.3 is 9.64 Å². The van der Waals surface area contributed by atoms with E-state index in [0.29, 0.717) is 32.8 Å². The maximum absolute atomic E-state index is 12.1. The lowest BCUT2D eigenvalue weighted by Crippen LogP contribution is -2.49. The minimum absolute atomic E-state index is 0.138. The molecule has 0 aromatic carbocycles. The number of hydrogen-bond donors (Lipinski definition) is 1. The lowest BCUT2D eigenvalue weighted by Gasteiger charge is -2.31. The lowest BCUT2D eigenvalue weighted by atomic mass is 10.00. The van der Waals surface area contributed by atoms with Crippen LogP contribution in [-0.2, 0) is 15.1 Å². The fourth-order valence-electron chi connectivity index (χ4n) is 2.04. The molecule has 0 saturated carbocycles. The molecule has 1 N–H and O–H groups in total. The zero-order chi connectivity index (χ0) is 13.7. The highest BCUT2D eigenvalue weighted by atomic mass is 32.1. The summed E-state index contributed by atoms with van der Waals surface area (Å²) >= 11 is 1.62. The molecule has 106 valence electrons. The summed E-state index contributed by atoms with van der Waals surface area (Å²) in [4.78, 5) is 18.3. The Bertz CT molecular complexity index is 404. The Labute approximate surface area is 118 Å². The second-order valence-corrected chi connectivity index (χ2v) is 5.76. The smallest absolute Gasteiger partial charge is 0.236 e. The van der Waals surface area contributed by atoms with E-state index in [2.05, 4.69) is 24.1 Å². The second kappa shape index (κ2) is 6.45. The van der Waals surface area contributed by atoms with Gasteiger partial charge in [0.1, 0.15) is 5.01 Å². The largest absolute Gasteiger partial charge is 0.378 e. The molecular formula is C13H21N3O2S. The van der Waals surface area contributed by atoms with E-state index < -0.39 is 0 Å². The van der Waals surface area contributed by atoms with E-state index in [1.54, 1.807) is 17.5 Å². The molecule has 0 spiro atoms. The average Bonchev–Trinajstić information content (AvgIpc) is 3.00. The highest BCUT2D eigenvalue weighted by Gasteiger charge is 2.28. The van der Waals surface area contributed by atoms with Crippen LogP contribution in [-0.4, -0.2) is 48.6 Å². The molecule has 0 aliphatic carbocycles. The van der Waals surface area contributed by atoms with Gasteiger partial charge in [0.25, 0.3) is 0 Å². The Morgan fingerprint density at radius 3 is 2.89 bits per heavy atom. The van der Waals surface area contributed by atoms with Crippen LogP contribution >= 0.6 is 11.3 Å². The number of morpholine rings is 1. The molecular weight excluding hydrogens is 262 g/mol. The first-order chi connectivity index (χ1) is 9.15. The summed E-state index contributed by atoms with van der Waals surface area (Å²) in [6.45, 7) is 7.23. The number of carbonyl (C=O) groups excluding carboxylic acids is 1. The third kappa shape index (κ3) is 3.52. The molecule has 1 fully saturated rings. The third-order valence-electron chi connectivity index (χ3n) is 3.61. The molecule has 2 heterocycles. The van der Waals surface area contributed by atoms with Gasteiger partial charge in [-0.05, 0) is 13.3 Å². The van der Waals surface area contributed by atoms with Crippen molar-refractivity contribution in [2.45, 2.75) is 25.8 Å². The number of carbonyl (C=O) groups is 1. The summed E-state index contributed by atoms with van der Waals surface area (Å²) in [6, 6.07) is 0. The van der Waals surface area contributed by atoms with Gasteiger partial charge in [0.05, 0.1) is 25.3 Å². The maximum Gasteiger partial charge on any atom is 0.236 e. The molecule has 0 radical (unpaired) electrons. The summed E-state index contributed by atoms with van der Waals surface area (Å²) in [6.07, 6.45) is 2.70. The predicted molar refractivity (Wildman–Crippen MR) is 75.2 cm³/mol. The fraction of sp³-hybridized carbons (Fsp3) is 0.692. The van der Waals surface area contributed by atoms with E-state index in [1.807, 2.05) is 10.3 Å². The quantitative estimate of drug-likeness (QED) is 0.883. The van der Waals surface area contributed by atoms with Crippen LogP contribution in [0.1, 0.15) is 25.3 Å². The number of nitrogens with one attached hydrogen (secondary N) is 1. The highest BCUT2D eigenvalue weighted by molar-refractivity contribution is 7.09. The van der Waals surface area contributed by atoms with Crippen molar-refractivity contribution in [1.82, 2.24) is 15.2 Å². The Morgan fingerprint density at radius 2 is 2.32 bits per heavy atom. The number of ether oxygens (including phenoxy) is 1. The van der Waals surface area contributed by atoms with E-state index in [4.69, 9.17) is 4.74 Å². The molecule has 1 aromatic heterocycles. The summed E-state index contributed by atoms with van der Waals surface area (Å²) < 4.78 is 5.25. The summed E-state index contributed by atoms with van der Waals surface area (Å²) in [7, 11) is 0. The minimum Gasteiger partial charge on any atom is -0.378 e. The van der Waals surface area contributed by atoms with Crippen LogP contribution < -0.4 is 5.32 Å². The Kier molecular flexibility index (Phi) is 4.90. The van der Waals surface area contributed by atoms with Gasteiger partial charge in [-0.2, -0.15) is 0 Å². The lowest BCUT2D eigenvalue weighted by molar-refractivity contribution is -0.134. The average molecular weight is 283 g/mol. The molecule has 6 heteroatoms. The fourth-order valence-corrected chi connectivity index (χ4v) is 2.89. The molecule has 1 amide bonds. The summed E-state index contributed by atoms with van der Waals surface area (Å²) in [5, 5.41) is 6.36. The van der Waals surface area contributed by atoms with Crippen LogP contribution in [0.2, 0.25) is 0 Å². The maximum atomic E-state index is 12.1. The topological polar surface area (TPSA) is 54.5 Å². The minimum atomic E-state index is -0.226. The molecule has 2 rings (SSSR count). The van der Waals surface area contributed by atoms with Crippen LogP contribution in [0.25, 0.3) is 0 Å². The predicted octanol–water partition coefficient (Wildman–Crippen LogP) is 1.22. The van der Waals surface area contributed by atoms with Crippen LogP contribution in [0.3, 0.4) is 0 Å². The van der Waals surface area contributed by atoms with Crippen LogP contribution in [0, 0.1) is 0 Å². The van der Waals surface area contributed by atoms with Crippen molar-refractivity contribution in [2.75, 3.05) is 32.8 Å². The number of amides is 1. The second-order valence-electron chi connectivity index (χ2n) is 4.87. The molecule has 1 aliphatic heterocycles. The monoisotopic (exact) mass is 283 g/mol. The van der Waals surface area contributed by atoms with Crippen LogP contribution in [0.5, 0.6) is 0 Å². The first-order valence-electron chi connectivity index (χ1n) is 6.66. The highest BCUT2D eigenvalue weighted by Crippen LogP contribution is 2.25. The van der Waals surface area contributed by atoms with Crippen molar-refractivity contribution in [3.8, 4) is 0 Å². The Balaban J connectivity index is 1.90. The van der Waals surface area contributed by atoms with Gasteiger partial charge in [0.2, 0.25) is 5.91 Å². The zero-order valence-corrected chi connectivity index (χ0v) is 12.3. The number of hydrogen-bond acceptors (Lipinski definition) is 5. The van der Waals surface area contributed by atoms with Gasteiger partial charge in [-0.15, -0.1) is 11.3 Å². The van der Waals surface area contributed by atoms with Gasteiger partial charge in [0, 0.05) is 24.7 Å². The molecule has 19 heavy (non-hydrogen) atoms. The molecule has 1 aromatic rings. The number of rotatable bonds is 5. The zero-order valence-electron chi connectivity index (χ0n) is 11.5. The first-order valence-corrected chi connectivity index (χ1v) is 7.54. The standard InChI is InChI=1S/C13H21N3O2S/c1-3-13(2,12-14-4-9-19-12)15-10-11(17)16-5-7-18-8-6-16/h4,9,15H,3,5-8,10H2,1-2H3/t13-/m1/s1. The van der Waals surface area contributed by atoms with E-state index in [-0.39, 0.29) is 11.4 Å². The van der Waals surface area contributed by atoms with Gasteiger partial charge in [-0.3, -0.25) is 10.1 Å². The van der Waals surface area contributed by atoms with E-state index in [9.17, 15) is 4.79 Å². The van der Waals surface area contributed by atoms with Crippen LogP contribution in [0.15, 0.2) is 11.6 Å². The van der Waals surface area contributed by atoms with Gasteiger partial charge in [-0.1, -0.05) is 6.92 Å². The SMILES string of the molecule is CC[C@@](C)(NCC(=O)N1CCOCC1)c1nccs1. The van der Waals surface area contributed by atoms with Gasteiger partial charge >= 0.3 is 0 Å². The summed E-state index contributed by atoms with van der Waals surface area (Å²) in [5.74, 6) is 0.138. The van der Waals surface area contributed by atoms with E-state index in [0.717, 1.165) is 11.4 Å². The number of aromatic nitrogens is 1. The van der Waals surface area contributed by atoms with E-state index >= 15 is 0 Å². The number of thiazole rings is 1. The molecule has 0 unspecified atom stereocenters. The normalized spacial score (nSPS) is 19.2. The molecule has 1 saturated heterocycles. The molecule has 0 bridgehead atoms. The number of nitrogens with zero attached hydrogens (tertiary/aromatic N) is 2. The Hall–Kier alpha value is -0.980. The van der Waals surface area contributed by atoms with E-state index in [1.165, 1.54) is 0 Å². The molecule has 1 aliphatic rings. The van der Waals surface area contributed by atoms with Crippen molar-refractivity contribution >= 4 is 17.2 Å². The van der Waals surface area contributed by atoms with Gasteiger partial charge in [-0.25, -0.2) is 4.98 Å². The van der Waals surface area contributed by atoms with Gasteiger partial charge in [0.15, 0.2) is 0 Å². The van der Waals surface area contributed by atoms with Crippen LogP contribution in [0.4, 0.5) is 0 Å². The first kappa shape index (κ1) is 14.4. The van der Waals surface area contributed by atoms with Crippen molar-refractivity contribution in [1.29, 1.82) is 0 Å². The van der Waals surface area contributed by atoms with Crippen molar-refractivity contribution < 1.29 is 9.53 Å². The molecule has 1 atom stereocenters. The summed E-state index contributed by atoms with van der Waals surface area (Å²) in [5.41, 5.74) is -0.226. The van der Waals surface area contributed by atoms with Crippen molar-refractivity contribution in [3.63, 3.8) is 0 Å². The van der Waals surface area contributed by atoms with Crippen molar-refractivity contribution in [2.24, 2.45) is 0 Å². The Morgan fingerprint density at radius 1 is 1.58 bits per heavy atom. The third-order valence-corrected chi connectivity index (χ3v) is 4.64. The molecule has 5 nitrogen and oxygen atoms in total. The van der Waals surface area contributed by atoms with Crippen molar-refractivity contribution in [3.05, 3.63) is 16.6 Å².